The lowest BCUT2D eigenvalue weighted by Gasteiger charge is -2.16. The number of rotatable bonds is 8. The molecule has 1 saturated carbocycles. The van der Waals surface area contributed by atoms with Crippen molar-refractivity contribution in [3.05, 3.63) is 30.0 Å². The molecule has 0 radical (unpaired) electrons. The first-order chi connectivity index (χ1) is 13.9. The largest absolute Gasteiger partial charge is 0.480 e. The van der Waals surface area contributed by atoms with Crippen molar-refractivity contribution >= 4 is 19.1 Å². The molecule has 0 bridgehead atoms. The Morgan fingerprint density at radius 2 is 1.97 bits per heavy atom. The van der Waals surface area contributed by atoms with E-state index in [4.69, 9.17) is 14.5 Å². The predicted octanol–water partition coefficient (Wildman–Crippen LogP) is 4.40. The van der Waals surface area contributed by atoms with E-state index in [9.17, 15) is 0 Å². The molecule has 0 spiro atoms. The van der Waals surface area contributed by atoms with Gasteiger partial charge < -0.3 is 14.0 Å². The maximum absolute atomic E-state index is 5.96. The van der Waals surface area contributed by atoms with Gasteiger partial charge in [0, 0.05) is 26.3 Å². The number of aromatic nitrogens is 5. The number of ether oxygens (including phenoxy) is 2. The molecule has 1 fully saturated rings. The highest BCUT2D eigenvalue weighted by Gasteiger charge is 2.31. The van der Waals surface area contributed by atoms with E-state index in [0.29, 0.717) is 24.4 Å². The maximum atomic E-state index is 5.96. The number of fused-ring (bicyclic) bond motifs is 1. The minimum atomic E-state index is -1.09. The van der Waals surface area contributed by atoms with Crippen LogP contribution in [0.15, 0.2) is 18.6 Å². The van der Waals surface area contributed by atoms with Crippen LogP contribution in [0.1, 0.15) is 30.1 Å². The second kappa shape index (κ2) is 7.83. The van der Waals surface area contributed by atoms with Crippen LogP contribution in [-0.2, 0) is 11.5 Å². The Morgan fingerprint density at radius 1 is 1.17 bits per heavy atom. The van der Waals surface area contributed by atoms with Gasteiger partial charge in [0.25, 0.3) is 0 Å². The molecule has 1 aliphatic rings. The molecular formula is C21H29N5O2Si. The van der Waals surface area contributed by atoms with Gasteiger partial charge in [0.05, 0.1) is 30.0 Å². The van der Waals surface area contributed by atoms with Crippen LogP contribution < -0.4 is 4.74 Å². The smallest absolute Gasteiger partial charge is 0.227 e. The van der Waals surface area contributed by atoms with Crippen molar-refractivity contribution < 1.29 is 9.47 Å². The van der Waals surface area contributed by atoms with Crippen LogP contribution >= 0.6 is 0 Å². The summed E-state index contributed by atoms with van der Waals surface area (Å²) in [5.74, 6) is 1.60. The Kier molecular flexibility index (Phi) is 5.39. The molecule has 3 heterocycles. The van der Waals surface area contributed by atoms with Crippen molar-refractivity contribution in [2.75, 3.05) is 13.7 Å². The highest BCUT2D eigenvalue weighted by atomic mass is 28.3. The average Bonchev–Trinajstić information content (AvgIpc) is 3.47. The number of hydrogen-bond acceptors (Lipinski definition) is 6. The Labute approximate surface area is 172 Å². The van der Waals surface area contributed by atoms with Gasteiger partial charge in [0.2, 0.25) is 5.88 Å². The van der Waals surface area contributed by atoms with Gasteiger partial charge in [-0.05, 0) is 31.9 Å². The quantitative estimate of drug-likeness (QED) is 0.404. The molecule has 0 saturated heterocycles. The molecule has 0 atom stereocenters. The van der Waals surface area contributed by atoms with Crippen molar-refractivity contribution in [3.8, 4) is 17.3 Å². The SMILES string of the molecule is COc1ncnc(C2CC2)c1-c1ncc2c(cc(C)n2COCC[Si](C)(C)C)n1. The topological polar surface area (TPSA) is 75.0 Å². The van der Waals surface area contributed by atoms with Gasteiger partial charge in [0.1, 0.15) is 18.6 Å². The van der Waals surface area contributed by atoms with Gasteiger partial charge in [-0.15, -0.1) is 0 Å². The molecule has 0 N–H and O–H groups in total. The lowest BCUT2D eigenvalue weighted by Crippen LogP contribution is -2.22. The Hall–Kier alpha value is -2.32. The van der Waals surface area contributed by atoms with E-state index >= 15 is 0 Å². The molecule has 154 valence electrons. The first-order valence-electron chi connectivity index (χ1n) is 10.2. The fourth-order valence-electron chi connectivity index (χ4n) is 3.41. The highest BCUT2D eigenvalue weighted by molar-refractivity contribution is 6.76. The van der Waals surface area contributed by atoms with E-state index in [1.807, 2.05) is 6.20 Å². The van der Waals surface area contributed by atoms with Gasteiger partial charge in [-0.1, -0.05) is 19.6 Å². The summed E-state index contributed by atoms with van der Waals surface area (Å²) in [5.41, 5.74) is 4.79. The first-order valence-corrected chi connectivity index (χ1v) is 13.9. The van der Waals surface area contributed by atoms with Crippen LogP contribution in [0.4, 0.5) is 0 Å². The standard InChI is InChI=1S/C21H29N5O2Si/c1-14-10-16-17(26(14)13-28-8-9-29(3,4)5)11-22-20(25-16)18-19(15-6-7-15)23-12-24-21(18)27-2/h10-12,15H,6-9,13H2,1-5H3. The van der Waals surface area contributed by atoms with Crippen LogP contribution in [0.3, 0.4) is 0 Å². The van der Waals surface area contributed by atoms with Crippen LogP contribution in [0, 0.1) is 6.92 Å². The average molecular weight is 412 g/mol. The van der Waals surface area contributed by atoms with Gasteiger partial charge in [-0.25, -0.2) is 19.9 Å². The summed E-state index contributed by atoms with van der Waals surface area (Å²) in [6.45, 7) is 10.5. The Bertz CT molecular complexity index is 1020. The van der Waals surface area contributed by atoms with Crippen molar-refractivity contribution in [2.24, 2.45) is 0 Å². The van der Waals surface area contributed by atoms with Crippen molar-refractivity contribution in [3.63, 3.8) is 0 Å². The molecule has 4 rings (SSSR count). The van der Waals surface area contributed by atoms with Gasteiger partial charge in [0.15, 0.2) is 5.82 Å². The van der Waals surface area contributed by atoms with Crippen molar-refractivity contribution in [1.29, 1.82) is 0 Å². The van der Waals surface area contributed by atoms with Crippen LogP contribution in [0.5, 0.6) is 5.88 Å². The Morgan fingerprint density at radius 3 is 2.66 bits per heavy atom. The van der Waals surface area contributed by atoms with E-state index in [1.54, 1.807) is 13.4 Å². The lowest BCUT2D eigenvalue weighted by molar-refractivity contribution is 0.0890. The minimum Gasteiger partial charge on any atom is -0.480 e. The summed E-state index contributed by atoms with van der Waals surface area (Å²) in [6.07, 6.45) is 5.71. The summed E-state index contributed by atoms with van der Waals surface area (Å²) in [7, 11) is 0.532. The van der Waals surface area contributed by atoms with Gasteiger partial charge in [-0.2, -0.15) is 0 Å². The fourth-order valence-corrected chi connectivity index (χ4v) is 4.16. The zero-order chi connectivity index (χ0) is 20.6. The van der Waals surface area contributed by atoms with E-state index in [0.717, 1.165) is 53.5 Å². The third-order valence-corrected chi connectivity index (χ3v) is 7.00. The molecule has 0 unspecified atom stereocenters. The monoisotopic (exact) mass is 411 g/mol. The first kappa shape index (κ1) is 20.0. The van der Waals surface area contributed by atoms with Crippen molar-refractivity contribution in [1.82, 2.24) is 24.5 Å². The van der Waals surface area contributed by atoms with Gasteiger partial charge in [-0.3, -0.25) is 0 Å². The van der Waals surface area contributed by atoms with Crippen LogP contribution in [0.2, 0.25) is 25.7 Å². The van der Waals surface area contributed by atoms with Crippen LogP contribution in [0.25, 0.3) is 22.4 Å². The molecule has 0 amide bonds. The zero-order valence-electron chi connectivity index (χ0n) is 17.9. The molecule has 8 heteroatoms. The number of hydrogen-bond donors (Lipinski definition) is 0. The number of aryl methyl sites for hydroxylation is 1. The molecule has 0 aliphatic heterocycles. The molecule has 1 aliphatic carbocycles. The summed E-state index contributed by atoms with van der Waals surface area (Å²) < 4.78 is 13.6. The molecule has 0 aromatic carbocycles. The zero-order valence-corrected chi connectivity index (χ0v) is 18.9. The molecule has 3 aromatic heterocycles. The Balaban J connectivity index is 1.63. The number of nitrogens with zero attached hydrogens (tertiary/aromatic N) is 5. The summed E-state index contributed by atoms with van der Waals surface area (Å²) >= 11 is 0. The molecule has 29 heavy (non-hydrogen) atoms. The van der Waals surface area contributed by atoms with E-state index in [2.05, 4.69) is 52.2 Å². The highest BCUT2D eigenvalue weighted by Crippen LogP contribution is 2.44. The predicted molar refractivity (Wildman–Crippen MR) is 116 cm³/mol. The molecular weight excluding hydrogens is 382 g/mol. The third-order valence-electron chi connectivity index (χ3n) is 5.30. The second-order valence-electron chi connectivity index (χ2n) is 8.94. The maximum Gasteiger partial charge on any atom is 0.227 e. The third kappa shape index (κ3) is 4.33. The van der Waals surface area contributed by atoms with Crippen molar-refractivity contribution in [2.45, 2.75) is 58.1 Å². The summed E-state index contributed by atoms with van der Waals surface area (Å²) in [5, 5.41) is 0. The normalized spacial score (nSPS) is 14.5. The second-order valence-corrected chi connectivity index (χ2v) is 14.6. The molecule has 7 nitrogen and oxygen atoms in total. The van der Waals surface area contributed by atoms with E-state index < -0.39 is 8.07 Å². The molecule has 3 aromatic rings. The summed E-state index contributed by atoms with van der Waals surface area (Å²) in [4.78, 5) is 18.3. The lowest BCUT2D eigenvalue weighted by atomic mass is 10.1. The fraction of sp³-hybridized carbons (Fsp3) is 0.524. The van der Waals surface area contributed by atoms with E-state index in [-0.39, 0.29) is 0 Å². The summed E-state index contributed by atoms with van der Waals surface area (Å²) in [6, 6.07) is 3.24. The van der Waals surface area contributed by atoms with Crippen LogP contribution in [-0.4, -0.2) is 46.3 Å². The van der Waals surface area contributed by atoms with E-state index in [1.165, 1.54) is 0 Å². The number of methoxy groups -OCH3 is 1. The minimum absolute atomic E-state index is 0.451. The van der Waals surface area contributed by atoms with Gasteiger partial charge >= 0.3 is 0 Å².